The minimum absolute atomic E-state index is 0.0840. The van der Waals surface area contributed by atoms with Crippen LogP contribution in [0, 0.1) is 10.8 Å². The molecule has 0 saturated carbocycles. The Morgan fingerprint density at radius 1 is 0.562 bits per heavy atom. The van der Waals surface area contributed by atoms with Crippen molar-refractivity contribution in [1.29, 1.82) is 0 Å². The molecule has 0 spiro atoms. The van der Waals surface area contributed by atoms with Crippen LogP contribution in [0.5, 0.6) is 0 Å². The van der Waals surface area contributed by atoms with Gasteiger partial charge >= 0.3 is 11.9 Å². The van der Waals surface area contributed by atoms with Gasteiger partial charge in [0.1, 0.15) is 24.4 Å². The van der Waals surface area contributed by atoms with Gasteiger partial charge in [0.2, 0.25) is 0 Å². The Morgan fingerprint density at radius 3 is 1.12 bits per heavy atom. The number of hydrogen-bond acceptors (Lipinski definition) is 6. The molecule has 0 aromatic heterocycles. The highest BCUT2D eigenvalue weighted by molar-refractivity contribution is 5.70. The summed E-state index contributed by atoms with van der Waals surface area (Å²) in [7, 11) is 0. The summed E-state index contributed by atoms with van der Waals surface area (Å²) >= 11 is 0. The van der Waals surface area contributed by atoms with Gasteiger partial charge in [-0.2, -0.15) is 0 Å². The van der Waals surface area contributed by atoms with Crippen molar-refractivity contribution in [2.75, 3.05) is 13.2 Å². The van der Waals surface area contributed by atoms with E-state index in [0.29, 0.717) is 12.8 Å². The summed E-state index contributed by atoms with van der Waals surface area (Å²) in [5.41, 5.74) is -2.41. The van der Waals surface area contributed by atoms with E-state index in [9.17, 15) is 9.59 Å². The maximum absolute atomic E-state index is 12.4. The fourth-order valence-electron chi connectivity index (χ4n) is 2.75. The van der Waals surface area contributed by atoms with Gasteiger partial charge in [-0.15, -0.1) is 0 Å². The standard InChI is InChI=1S/C26H50O6/c1-11-13-15-17-21(27)31-25(9,23(3,4)5)19-29-30-20-26(10,24(6,7)8)32-22(28)18-16-14-12-2/h11-20H2,1-10H3. The van der Waals surface area contributed by atoms with Crippen molar-refractivity contribution in [3.63, 3.8) is 0 Å². The molecule has 0 aromatic carbocycles. The van der Waals surface area contributed by atoms with Crippen LogP contribution in [0.1, 0.15) is 121 Å². The highest BCUT2D eigenvalue weighted by Gasteiger charge is 2.44. The van der Waals surface area contributed by atoms with Crippen molar-refractivity contribution in [2.45, 2.75) is 132 Å². The molecule has 0 aliphatic carbocycles. The summed E-state index contributed by atoms with van der Waals surface area (Å²) in [6.07, 6.45) is 6.55. The van der Waals surface area contributed by atoms with Crippen LogP contribution in [-0.4, -0.2) is 36.4 Å². The van der Waals surface area contributed by atoms with Crippen molar-refractivity contribution in [2.24, 2.45) is 10.8 Å². The first-order valence-electron chi connectivity index (χ1n) is 12.3. The zero-order valence-electron chi connectivity index (χ0n) is 22.5. The van der Waals surface area contributed by atoms with Crippen LogP contribution in [0.3, 0.4) is 0 Å². The summed E-state index contributed by atoms with van der Waals surface area (Å²) in [5.74, 6) is -0.444. The Balaban J connectivity index is 4.98. The normalized spacial score (nSPS) is 16.2. The second kappa shape index (κ2) is 13.5. The molecule has 190 valence electrons. The van der Waals surface area contributed by atoms with Crippen molar-refractivity contribution >= 4 is 11.9 Å². The minimum atomic E-state index is -0.856. The SMILES string of the molecule is CCCCCC(=O)OC(C)(COOCC(C)(OC(=O)CCCCC)C(C)(C)C)C(C)(C)C. The zero-order valence-corrected chi connectivity index (χ0v) is 22.5. The predicted octanol–water partition coefficient (Wildman–Crippen LogP) is 6.79. The second-order valence-corrected chi connectivity index (χ2v) is 11.3. The average Bonchev–Trinajstić information content (AvgIpc) is 2.64. The van der Waals surface area contributed by atoms with Gasteiger partial charge in [-0.1, -0.05) is 81.1 Å². The highest BCUT2D eigenvalue weighted by atomic mass is 17.2. The van der Waals surface area contributed by atoms with Crippen molar-refractivity contribution in [3.8, 4) is 0 Å². The van der Waals surface area contributed by atoms with Crippen LogP contribution in [0.15, 0.2) is 0 Å². The lowest BCUT2D eigenvalue weighted by atomic mass is 9.78. The van der Waals surface area contributed by atoms with Crippen molar-refractivity contribution < 1.29 is 28.8 Å². The lowest BCUT2D eigenvalue weighted by molar-refractivity contribution is -0.346. The molecule has 32 heavy (non-hydrogen) atoms. The second-order valence-electron chi connectivity index (χ2n) is 11.3. The van der Waals surface area contributed by atoms with Crippen LogP contribution in [-0.2, 0) is 28.8 Å². The fraction of sp³-hybridized carbons (Fsp3) is 0.923. The fourth-order valence-corrected chi connectivity index (χ4v) is 2.75. The van der Waals surface area contributed by atoms with E-state index in [0.717, 1.165) is 38.5 Å². The Labute approximate surface area is 197 Å². The molecule has 0 aliphatic heterocycles. The first-order chi connectivity index (χ1) is 14.6. The van der Waals surface area contributed by atoms with E-state index in [1.54, 1.807) is 0 Å². The third-order valence-corrected chi connectivity index (χ3v) is 6.57. The number of carbonyl (C=O) groups is 2. The number of ether oxygens (including phenoxy) is 2. The highest BCUT2D eigenvalue weighted by Crippen LogP contribution is 2.36. The summed E-state index contributed by atoms with van der Waals surface area (Å²) in [6, 6.07) is 0. The molecule has 6 nitrogen and oxygen atoms in total. The maximum Gasteiger partial charge on any atom is 0.306 e. The molecule has 0 saturated heterocycles. The van der Waals surface area contributed by atoms with Gasteiger partial charge in [0, 0.05) is 23.7 Å². The first kappa shape index (κ1) is 30.9. The minimum Gasteiger partial charge on any atom is -0.456 e. The molecule has 0 amide bonds. The van der Waals surface area contributed by atoms with Gasteiger partial charge in [0.25, 0.3) is 0 Å². The molecule has 2 atom stereocenters. The van der Waals surface area contributed by atoms with Gasteiger partial charge in [-0.3, -0.25) is 9.59 Å². The van der Waals surface area contributed by atoms with Crippen LogP contribution in [0.2, 0.25) is 0 Å². The molecular weight excluding hydrogens is 408 g/mol. The summed E-state index contributed by atoms with van der Waals surface area (Å²) < 4.78 is 11.7. The number of unbranched alkanes of at least 4 members (excludes halogenated alkanes) is 4. The third kappa shape index (κ3) is 10.7. The molecule has 0 aromatic rings. The molecule has 2 unspecified atom stereocenters. The molecular formula is C26H50O6. The monoisotopic (exact) mass is 458 g/mol. The Morgan fingerprint density at radius 2 is 0.875 bits per heavy atom. The van der Waals surface area contributed by atoms with Crippen LogP contribution >= 0.6 is 0 Å². The van der Waals surface area contributed by atoms with E-state index in [1.165, 1.54) is 0 Å². The molecule has 0 aliphatic rings. The van der Waals surface area contributed by atoms with Crippen LogP contribution in [0.25, 0.3) is 0 Å². The lowest BCUT2D eigenvalue weighted by Gasteiger charge is -2.42. The van der Waals surface area contributed by atoms with E-state index in [1.807, 2.05) is 55.4 Å². The summed E-state index contributed by atoms with van der Waals surface area (Å²) in [5, 5.41) is 0. The van der Waals surface area contributed by atoms with Gasteiger partial charge in [-0.05, 0) is 26.7 Å². The van der Waals surface area contributed by atoms with Crippen LogP contribution in [0.4, 0.5) is 0 Å². The number of esters is 2. The Bertz CT molecular complexity index is 510. The van der Waals surface area contributed by atoms with Gasteiger partial charge in [0.15, 0.2) is 0 Å². The van der Waals surface area contributed by atoms with Gasteiger partial charge in [-0.25, -0.2) is 9.78 Å². The Hall–Kier alpha value is -1.14. The molecule has 0 fully saturated rings. The molecule has 0 radical (unpaired) electrons. The zero-order chi connectivity index (χ0) is 25.1. The predicted molar refractivity (Wildman–Crippen MR) is 128 cm³/mol. The van der Waals surface area contributed by atoms with Gasteiger partial charge < -0.3 is 9.47 Å². The molecule has 6 heteroatoms. The van der Waals surface area contributed by atoms with Crippen LogP contribution < -0.4 is 0 Å². The third-order valence-electron chi connectivity index (χ3n) is 6.57. The van der Waals surface area contributed by atoms with Gasteiger partial charge in [0.05, 0.1) is 0 Å². The lowest BCUT2D eigenvalue weighted by Crippen LogP contribution is -2.50. The van der Waals surface area contributed by atoms with Crippen molar-refractivity contribution in [1.82, 2.24) is 0 Å². The smallest absolute Gasteiger partial charge is 0.306 e. The topological polar surface area (TPSA) is 71.1 Å². The Kier molecular flexibility index (Phi) is 13.1. The van der Waals surface area contributed by atoms with E-state index >= 15 is 0 Å². The first-order valence-corrected chi connectivity index (χ1v) is 12.3. The molecule has 0 N–H and O–H groups in total. The van der Waals surface area contributed by atoms with Crippen molar-refractivity contribution in [3.05, 3.63) is 0 Å². The van der Waals surface area contributed by atoms with E-state index in [-0.39, 0.29) is 36.0 Å². The molecule has 0 bridgehead atoms. The molecule has 0 rings (SSSR count). The largest absolute Gasteiger partial charge is 0.456 e. The number of rotatable bonds is 15. The quantitative estimate of drug-likeness (QED) is 0.116. The number of carbonyl (C=O) groups excluding carboxylic acids is 2. The number of hydrogen-bond donors (Lipinski definition) is 0. The molecule has 0 heterocycles. The average molecular weight is 459 g/mol. The summed E-state index contributed by atoms with van der Waals surface area (Å²) in [4.78, 5) is 35.8. The van der Waals surface area contributed by atoms with E-state index < -0.39 is 11.2 Å². The van der Waals surface area contributed by atoms with E-state index in [2.05, 4.69) is 13.8 Å². The maximum atomic E-state index is 12.4. The van der Waals surface area contributed by atoms with E-state index in [4.69, 9.17) is 19.2 Å². The summed E-state index contributed by atoms with van der Waals surface area (Å²) in [6.45, 7) is 20.1.